The molecule has 160 valence electrons. The van der Waals surface area contributed by atoms with Crippen molar-refractivity contribution in [3.05, 3.63) is 47.5 Å². The summed E-state index contributed by atoms with van der Waals surface area (Å²) in [6, 6.07) is 8.16. The Bertz CT molecular complexity index is 908. The maximum Gasteiger partial charge on any atom is 0.331 e. The molecule has 0 unspecified atom stereocenters. The van der Waals surface area contributed by atoms with Crippen LogP contribution >= 0.6 is 0 Å². The smallest absolute Gasteiger partial charge is 0.331 e. The first-order valence-electron chi connectivity index (χ1n) is 8.87. The van der Waals surface area contributed by atoms with Crippen molar-refractivity contribution in [2.45, 2.75) is 0 Å². The predicted molar refractivity (Wildman–Crippen MR) is 110 cm³/mol. The molecule has 8 nitrogen and oxygen atoms in total. The fourth-order valence-corrected chi connectivity index (χ4v) is 2.66. The highest BCUT2D eigenvalue weighted by Crippen LogP contribution is 2.38. The molecule has 0 aromatic heterocycles. The zero-order valence-electron chi connectivity index (χ0n) is 17.5. The van der Waals surface area contributed by atoms with Crippen molar-refractivity contribution in [1.82, 2.24) is 0 Å². The standard InChI is InChI=1S/C22H24O8/c1-25-15-7-8-18(26-2)16(12-15)17(23)13-30-21(24)9-6-14-10-19(27-3)22(29-5)20(11-14)28-4/h6-12H,13H2,1-5H3/b9-6+. The number of methoxy groups -OCH3 is 5. The summed E-state index contributed by atoms with van der Waals surface area (Å²) in [5.41, 5.74) is 0.889. The molecule has 0 atom stereocenters. The highest BCUT2D eigenvalue weighted by atomic mass is 16.5. The lowest BCUT2D eigenvalue weighted by atomic mass is 10.1. The second kappa shape index (κ2) is 10.8. The molecule has 0 fully saturated rings. The normalized spacial score (nSPS) is 10.4. The van der Waals surface area contributed by atoms with Crippen molar-refractivity contribution < 1.29 is 38.0 Å². The molecule has 30 heavy (non-hydrogen) atoms. The number of Topliss-reactive ketones (excluding diaryl/α,β-unsaturated/α-hetero) is 1. The van der Waals surface area contributed by atoms with Crippen LogP contribution in [0, 0.1) is 0 Å². The third-order valence-electron chi connectivity index (χ3n) is 4.15. The van der Waals surface area contributed by atoms with Gasteiger partial charge < -0.3 is 28.4 Å². The lowest BCUT2D eigenvalue weighted by Gasteiger charge is -2.12. The van der Waals surface area contributed by atoms with Gasteiger partial charge in [0.1, 0.15) is 11.5 Å². The number of carbonyl (C=O) groups excluding carboxylic acids is 2. The fourth-order valence-electron chi connectivity index (χ4n) is 2.66. The number of hydrogen-bond donors (Lipinski definition) is 0. The highest BCUT2D eigenvalue weighted by Gasteiger charge is 2.16. The monoisotopic (exact) mass is 416 g/mol. The third kappa shape index (κ3) is 5.44. The average molecular weight is 416 g/mol. The SMILES string of the molecule is COc1ccc(OC)c(C(=O)COC(=O)/C=C/c2cc(OC)c(OC)c(OC)c2)c1. The van der Waals surface area contributed by atoms with E-state index >= 15 is 0 Å². The average Bonchev–Trinajstić information content (AvgIpc) is 2.79. The number of rotatable bonds is 10. The fraction of sp³-hybridized carbons (Fsp3) is 0.273. The van der Waals surface area contributed by atoms with Crippen molar-refractivity contribution in [2.24, 2.45) is 0 Å². The Morgan fingerprint density at radius 2 is 1.43 bits per heavy atom. The van der Waals surface area contributed by atoms with E-state index in [1.54, 1.807) is 24.3 Å². The first-order chi connectivity index (χ1) is 14.5. The van der Waals surface area contributed by atoms with Gasteiger partial charge >= 0.3 is 5.97 Å². The summed E-state index contributed by atoms with van der Waals surface area (Å²) in [5, 5.41) is 0. The van der Waals surface area contributed by atoms with E-state index in [4.69, 9.17) is 28.4 Å². The minimum absolute atomic E-state index is 0.262. The Balaban J connectivity index is 2.08. The molecule has 0 saturated carbocycles. The van der Waals surface area contributed by atoms with Gasteiger partial charge in [-0.25, -0.2) is 4.79 Å². The van der Waals surface area contributed by atoms with Gasteiger partial charge in [-0.2, -0.15) is 0 Å². The van der Waals surface area contributed by atoms with E-state index in [-0.39, 0.29) is 5.56 Å². The number of esters is 1. The van der Waals surface area contributed by atoms with Gasteiger partial charge in [0.15, 0.2) is 18.1 Å². The predicted octanol–water partition coefficient (Wildman–Crippen LogP) is 3.17. The second-order valence-corrected chi connectivity index (χ2v) is 5.89. The van der Waals surface area contributed by atoms with Gasteiger partial charge in [0.05, 0.1) is 41.1 Å². The maximum absolute atomic E-state index is 12.4. The zero-order valence-corrected chi connectivity index (χ0v) is 17.5. The van der Waals surface area contributed by atoms with Crippen LogP contribution in [0.3, 0.4) is 0 Å². The molecule has 0 aliphatic carbocycles. The molecule has 0 N–H and O–H groups in total. The zero-order chi connectivity index (χ0) is 22.1. The number of carbonyl (C=O) groups is 2. The van der Waals surface area contributed by atoms with Crippen molar-refractivity contribution in [1.29, 1.82) is 0 Å². The Labute approximate surface area is 174 Å². The van der Waals surface area contributed by atoms with Crippen molar-refractivity contribution in [3.63, 3.8) is 0 Å². The van der Waals surface area contributed by atoms with Crippen LogP contribution in [0.15, 0.2) is 36.4 Å². The van der Waals surface area contributed by atoms with E-state index in [0.29, 0.717) is 34.3 Å². The van der Waals surface area contributed by atoms with E-state index in [1.807, 2.05) is 0 Å². The summed E-state index contributed by atoms with van der Waals surface area (Å²) in [4.78, 5) is 24.5. The molecule has 0 bridgehead atoms. The van der Waals surface area contributed by atoms with Gasteiger partial charge in [0.2, 0.25) is 11.5 Å². The number of ketones is 1. The Morgan fingerprint density at radius 1 is 0.800 bits per heavy atom. The molecule has 0 aliphatic heterocycles. The molecule has 0 aliphatic rings. The molecule has 0 radical (unpaired) electrons. The van der Waals surface area contributed by atoms with Gasteiger partial charge in [-0.15, -0.1) is 0 Å². The van der Waals surface area contributed by atoms with E-state index in [9.17, 15) is 9.59 Å². The summed E-state index contributed by atoms with van der Waals surface area (Å²) in [6.07, 6.45) is 2.72. The van der Waals surface area contributed by atoms with Crippen LogP contribution < -0.4 is 23.7 Å². The van der Waals surface area contributed by atoms with Gasteiger partial charge in [-0.3, -0.25) is 4.79 Å². The lowest BCUT2D eigenvalue weighted by Crippen LogP contribution is -2.13. The van der Waals surface area contributed by atoms with Gasteiger partial charge in [0.25, 0.3) is 0 Å². The number of benzene rings is 2. The van der Waals surface area contributed by atoms with E-state index in [1.165, 1.54) is 53.8 Å². The summed E-state index contributed by atoms with van der Waals surface area (Å²) < 4.78 is 31.1. The van der Waals surface area contributed by atoms with Crippen molar-refractivity contribution >= 4 is 17.8 Å². The van der Waals surface area contributed by atoms with Crippen LogP contribution in [0.1, 0.15) is 15.9 Å². The van der Waals surface area contributed by atoms with E-state index in [0.717, 1.165) is 0 Å². The Morgan fingerprint density at radius 3 is 1.97 bits per heavy atom. The van der Waals surface area contributed by atoms with Gasteiger partial charge in [-0.05, 0) is 42.0 Å². The first kappa shape index (κ1) is 22.6. The van der Waals surface area contributed by atoms with Crippen LogP contribution in [0.5, 0.6) is 28.7 Å². The molecule has 0 heterocycles. The van der Waals surface area contributed by atoms with Crippen LogP contribution in [0.25, 0.3) is 6.08 Å². The molecule has 2 aromatic rings. The molecule has 0 spiro atoms. The van der Waals surface area contributed by atoms with Crippen LogP contribution in [-0.2, 0) is 9.53 Å². The van der Waals surface area contributed by atoms with E-state index < -0.39 is 18.4 Å². The lowest BCUT2D eigenvalue weighted by molar-refractivity contribution is -0.136. The molecule has 8 heteroatoms. The van der Waals surface area contributed by atoms with Gasteiger partial charge in [-0.1, -0.05) is 0 Å². The van der Waals surface area contributed by atoms with Gasteiger partial charge in [0, 0.05) is 6.08 Å². The highest BCUT2D eigenvalue weighted by molar-refractivity contribution is 6.01. The molecule has 2 rings (SSSR count). The largest absolute Gasteiger partial charge is 0.497 e. The van der Waals surface area contributed by atoms with Crippen LogP contribution in [0.4, 0.5) is 0 Å². The van der Waals surface area contributed by atoms with Crippen LogP contribution in [-0.4, -0.2) is 53.9 Å². The molecular formula is C22H24O8. The minimum Gasteiger partial charge on any atom is -0.497 e. The summed E-state index contributed by atoms with van der Waals surface area (Å²) in [6.45, 7) is -0.443. The summed E-state index contributed by atoms with van der Waals surface area (Å²) in [7, 11) is 7.44. The minimum atomic E-state index is -0.682. The third-order valence-corrected chi connectivity index (χ3v) is 4.15. The van der Waals surface area contributed by atoms with Crippen molar-refractivity contribution in [2.75, 3.05) is 42.2 Å². The molecule has 2 aromatic carbocycles. The number of hydrogen-bond acceptors (Lipinski definition) is 8. The first-order valence-corrected chi connectivity index (χ1v) is 8.87. The quantitative estimate of drug-likeness (QED) is 0.331. The van der Waals surface area contributed by atoms with Crippen molar-refractivity contribution in [3.8, 4) is 28.7 Å². The van der Waals surface area contributed by atoms with E-state index in [2.05, 4.69) is 0 Å². The summed E-state index contributed by atoms with van der Waals surface area (Å²) >= 11 is 0. The molecular weight excluding hydrogens is 392 g/mol. The topological polar surface area (TPSA) is 89.5 Å². The Kier molecular flexibility index (Phi) is 8.10. The molecule has 0 saturated heterocycles. The second-order valence-electron chi connectivity index (χ2n) is 5.89. The number of ether oxygens (including phenoxy) is 6. The van der Waals surface area contributed by atoms with Crippen LogP contribution in [0.2, 0.25) is 0 Å². The molecule has 0 amide bonds. The Hall–Kier alpha value is -3.68. The maximum atomic E-state index is 12.4. The summed E-state index contributed by atoms with van der Waals surface area (Å²) in [5.74, 6) is 1.10.